The summed E-state index contributed by atoms with van der Waals surface area (Å²) in [6.07, 6.45) is -1.22. The molecule has 1 atom stereocenters. The Morgan fingerprint density at radius 3 is 2.61 bits per heavy atom. The number of nitrogens with one attached hydrogen (secondary N) is 1. The van der Waals surface area contributed by atoms with Crippen LogP contribution in [-0.4, -0.2) is 40.5 Å². The third-order valence-electron chi connectivity index (χ3n) is 3.88. The maximum absolute atomic E-state index is 12.6. The Hall–Kier alpha value is -2.12. The normalized spacial score (nSPS) is 18.8. The van der Waals surface area contributed by atoms with Gasteiger partial charge in [0.2, 0.25) is 5.91 Å². The summed E-state index contributed by atoms with van der Waals surface area (Å²) in [5.41, 5.74) is -0.0824. The van der Waals surface area contributed by atoms with Gasteiger partial charge in [-0.25, -0.2) is 0 Å². The molecule has 8 heteroatoms. The quantitative estimate of drug-likeness (QED) is 0.922. The lowest BCUT2D eigenvalue weighted by Gasteiger charge is -2.31. The van der Waals surface area contributed by atoms with Crippen molar-refractivity contribution in [3.05, 3.63) is 30.1 Å². The van der Waals surface area contributed by atoms with Gasteiger partial charge in [-0.3, -0.25) is 14.6 Å². The molecular weight excluding hydrogens is 311 g/mol. The SMILES string of the molecule is CC(C)(NC(=O)C1CCCN1C(=O)C(F)(F)F)c1cccnc1. The zero-order chi connectivity index (χ0) is 17.3. The summed E-state index contributed by atoms with van der Waals surface area (Å²) in [4.78, 5) is 28.4. The van der Waals surface area contributed by atoms with Crippen molar-refractivity contribution in [1.29, 1.82) is 0 Å². The lowest BCUT2D eigenvalue weighted by atomic mass is 9.95. The van der Waals surface area contributed by atoms with Crippen molar-refractivity contribution in [2.24, 2.45) is 0 Å². The van der Waals surface area contributed by atoms with Crippen LogP contribution in [0.15, 0.2) is 24.5 Å². The Balaban J connectivity index is 2.12. The Morgan fingerprint density at radius 1 is 1.35 bits per heavy atom. The molecule has 2 heterocycles. The van der Waals surface area contributed by atoms with E-state index in [4.69, 9.17) is 0 Å². The predicted molar refractivity (Wildman–Crippen MR) is 76.2 cm³/mol. The molecular formula is C15H18F3N3O2. The fraction of sp³-hybridized carbons (Fsp3) is 0.533. The van der Waals surface area contributed by atoms with E-state index in [1.54, 1.807) is 38.4 Å². The van der Waals surface area contributed by atoms with Crippen LogP contribution in [0.5, 0.6) is 0 Å². The zero-order valence-electron chi connectivity index (χ0n) is 12.9. The van der Waals surface area contributed by atoms with E-state index in [0.29, 0.717) is 11.3 Å². The number of pyridine rings is 1. The molecule has 1 aromatic heterocycles. The van der Waals surface area contributed by atoms with Crippen LogP contribution in [-0.2, 0) is 15.1 Å². The molecule has 23 heavy (non-hydrogen) atoms. The third kappa shape index (κ3) is 3.80. The first kappa shape index (κ1) is 17.2. The molecule has 1 unspecified atom stereocenters. The maximum Gasteiger partial charge on any atom is 0.471 e. The number of halogens is 3. The summed E-state index contributed by atoms with van der Waals surface area (Å²) < 4.78 is 37.8. The van der Waals surface area contributed by atoms with E-state index in [1.807, 2.05) is 0 Å². The molecule has 5 nitrogen and oxygen atoms in total. The summed E-state index contributed by atoms with van der Waals surface area (Å²) in [6, 6.07) is 2.37. The highest BCUT2D eigenvalue weighted by atomic mass is 19.4. The largest absolute Gasteiger partial charge is 0.471 e. The van der Waals surface area contributed by atoms with Crippen molar-refractivity contribution in [3.63, 3.8) is 0 Å². The van der Waals surface area contributed by atoms with Crippen molar-refractivity contribution < 1.29 is 22.8 Å². The Bertz CT molecular complexity index is 587. The van der Waals surface area contributed by atoms with Gasteiger partial charge in [-0.05, 0) is 38.3 Å². The summed E-state index contributed by atoms with van der Waals surface area (Å²) in [7, 11) is 0. The molecule has 1 aromatic rings. The molecule has 1 saturated heterocycles. The van der Waals surface area contributed by atoms with Crippen molar-refractivity contribution in [1.82, 2.24) is 15.2 Å². The van der Waals surface area contributed by atoms with Gasteiger partial charge >= 0.3 is 12.1 Å². The number of aromatic nitrogens is 1. The molecule has 0 radical (unpaired) electrons. The van der Waals surface area contributed by atoms with Crippen molar-refractivity contribution in [3.8, 4) is 0 Å². The van der Waals surface area contributed by atoms with Gasteiger partial charge in [0.25, 0.3) is 0 Å². The monoisotopic (exact) mass is 329 g/mol. The number of nitrogens with zero attached hydrogens (tertiary/aromatic N) is 2. The van der Waals surface area contributed by atoms with Gasteiger partial charge in [0.05, 0.1) is 5.54 Å². The van der Waals surface area contributed by atoms with Gasteiger partial charge < -0.3 is 10.2 Å². The van der Waals surface area contributed by atoms with Crippen LogP contribution in [0.2, 0.25) is 0 Å². The lowest BCUT2D eigenvalue weighted by molar-refractivity contribution is -0.186. The molecule has 1 fully saturated rings. The van der Waals surface area contributed by atoms with E-state index < -0.39 is 29.6 Å². The minimum absolute atomic E-state index is 0.0657. The summed E-state index contributed by atoms with van der Waals surface area (Å²) >= 11 is 0. The van der Waals surface area contributed by atoms with Crippen LogP contribution in [0.4, 0.5) is 13.2 Å². The van der Waals surface area contributed by atoms with Gasteiger partial charge in [-0.1, -0.05) is 6.07 Å². The average Bonchev–Trinajstić information content (AvgIpc) is 2.95. The highest BCUT2D eigenvalue weighted by Gasteiger charge is 2.48. The number of hydrogen-bond donors (Lipinski definition) is 1. The standard InChI is InChI=1S/C15H18F3N3O2/c1-14(2,10-5-3-7-19-9-10)20-12(22)11-6-4-8-21(11)13(23)15(16,17)18/h3,5,7,9,11H,4,6,8H2,1-2H3,(H,20,22). The van der Waals surface area contributed by atoms with E-state index in [-0.39, 0.29) is 13.0 Å². The number of likely N-dealkylation sites (tertiary alicyclic amines) is 1. The number of alkyl halides is 3. The maximum atomic E-state index is 12.6. The van der Waals surface area contributed by atoms with Crippen molar-refractivity contribution >= 4 is 11.8 Å². The summed E-state index contributed by atoms with van der Waals surface area (Å²) in [6.45, 7) is 3.39. The smallest absolute Gasteiger partial charge is 0.345 e. The Labute approximate surface area is 131 Å². The van der Waals surface area contributed by atoms with E-state index in [2.05, 4.69) is 10.3 Å². The molecule has 2 amide bonds. The summed E-state index contributed by atoms with van der Waals surface area (Å²) in [5.74, 6) is -2.55. The second-order valence-electron chi connectivity index (χ2n) is 6.01. The van der Waals surface area contributed by atoms with Crippen LogP contribution in [0, 0.1) is 0 Å². The molecule has 0 spiro atoms. The Kier molecular flexibility index (Phi) is 4.63. The first-order valence-electron chi connectivity index (χ1n) is 7.23. The topological polar surface area (TPSA) is 62.3 Å². The molecule has 0 bridgehead atoms. The fourth-order valence-corrected chi connectivity index (χ4v) is 2.64. The van der Waals surface area contributed by atoms with Gasteiger partial charge in [0.15, 0.2) is 0 Å². The molecule has 0 saturated carbocycles. The van der Waals surface area contributed by atoms with Crippen LogP contribution in [0.3, 0.4) is 0 Å². The average molecular weight is 329 g/mol. The van der Waals surface area contributed by atoms with E-state index >= 15 is 0 Å². The molecule has 1 aliphatic heterocycles. The van der Waals surface area contributed by atoms with E-state index in [0.717, 1.165) is 5.56 Å². The highest BCUT2D eigenvalue weighted by Crippen LogP contribution is 2.27. The predicted octanol–water partition coefficient (Wildman–Crippen LogP) is 1.99. The van der Waals surface area contributed by atoms with Crippen molar-refractivity contribution in [2.75, 3.05) is 6.54 Å². The Morgan fingerprint density at radius 2 is 2.04 bits per heavy atom. The molecule has 126 valence electrons. The van der Waals surface area contributed by atoms with E-state index in [9.17, 15) is 22.8 Å². The van der Waals surface area contributed by atoms with E-state index in [1.165, 1.54) is 0 Å². The number of carbonyl (C=O) groups is 2. The molecule has 0 aromatic carbocycles. The fourth-order valence-electron chi connectivity index (χ4n) is 2.64. The van der Waals surface area contributed by atoms with Gasteiger partial charge in [0, 0.05) is 18.9 Å². The second-order valence-corrected chi connectivity index (χ2v) is 6.01. The number of hydrogen-bond acceptors (Lipinski definition) is 3. The zero-order valence-corrected chi connectivity index (χ0v) is 12.9. The van der Waals surface area contributed by atoms with Gasteiger partial charge in [-0.15, -0.1) is 0 Å². The minimum Gasteiger partial charge on any atom is -0.345 e. The van der Waals surface area contributed by atoms with Gasteiger partial charge in [-0.2, -0.15) is 13.2 Å². The molecule has 0 aliphatic carbocycles. The lowest BCUT2D eigenvalue weighted by Crippen LogP contribution is -2.53. The van der Waals surface area contributed by atoms with Crippen LogP contribution in [0.1, 0.15) is 32.3 Å². The van der Waals surface area contributed by atoms with Crippen LogP contribution < -0.4 is 5.32 Å². The third-order valence-corrected chi connectivity index (χ3v) is 3.88. The van der Waals surface area contributed by atoms with Crippen LogP contribution >= 0.6 is 0 Å². The van der Waals surface area contributed by atoms with Crippen LogP contribution in [0.25, 0.3) is 0 Å². The number of carbonyl (C=O) groups excluding carboxylic acids is 2. The molecule has 2 rings (SSSR count). The van der Waals surface area contributed by atoms with Crippen molar-refractivity contribution in [2.45, 2.75) is 44.4 Å². The molecule has 1 aliphatic rings. The number of amides is 2. The van der Waals surface area contributed by atoms with Gasteiger partial charge in [0.1, 0.15) is 6.04 Å². The number of rotatable bonds is 3. The highest BCUT2D eigenvalue weighted by molar-refractivity contribution is 5.90. The first-order valence-corrected chi connectivity index (χ1v) is 7.23. The summed E-state index contributed by atoms with van der Waals surface area (Å²) in [5, 5.41) is 2.71. The first-order chi connectivity index (χ1) is 10.6. The second kappa shape index (κ2) is 6.17. The minimum atomic E-state index is -4.97. The molecule has 1 N–H and O–H groups in total.